The summed E-state index contributed by atoms with van der Waals surface area (Å²) in [5.41, 5.74) is 0. The molecule has 0 N–H and O–H groups in total. The van der Waals surface area contributed by atoms with Gasteiger partial charge in [-0.25, -0.2) is 0 Å². The summed E-state index contributed by atoms with van der Waals surface area (Å²) in [6.45, 7) is 15.2. The molecular formula is C24H50N4P+. The van der Waals surface area contributed by atoms with Crippen LogP contribution in [0.1, 0.15) is 73.6 Å². The average molecular weight is 426 g/mol. The van der Waals surface area contributed by atoms with Gasteiger partial charge in [0.1, 0.15) is 0 Å². The summed E-state index contributed by atoms with van der Waals surface area (Å²) in [5.74, 6) is 2.77. The van der Waals surface area contributed by atoms with Crippen molar-refractivity contribution in [1.29, 1.82) is 0 Å². The minimum Gasteiger partial charge on any atom is -0.136 e. The minimum atomic E-state index is -1.78. The maximum atomic E-state index is 2.72. The lowest BCUT2D eigenvalue weighted by Gasteiger charge is -2.50. The third-order valence-electron chi connectivity index (χ3n) is 7.69. The molecule has 0 heterocycles. The van der Waals surface area contributed by atoms with Gasteiger partial charge in [-0.15, -0.1) is 18.7 Å². The van der Waals surface area contributed by atoms with Gasteiger partial charge in [-0.05, 0) is 85.0 Å². The van der Waals surface area contributed by atoms with E-state index in [1.165, 1.54) is 38.6 Å². The summed E-state index contributed by atoms with van der Waals surface area (Å²) >= 11 is 0. The molecule has 0 amide bonds. The van der Waals surface area contributed by atoms with Crippen molar-refractivity contribution in [2.45, 2.75) is 91.8 Å². The van der Waals surface area contributed by atoms with Crippen molar-refractivity contribution < 1.29 is 0 Å². The van der Waals surface area contributed by atoms with Gasteiger partial charge in [0.05, 0.1) is 0 Å². The van der Waals surface area contributed by atoms with Crippen molar-refractivity contribution in [1.82, 2.24) is 18.7 Å². The Labute approximate surface area is 183 Å². The van der Waals surface area contributed by atoms with E-state index in [1.807, 2.05) is 0 Å². The summed E-state index contributed by atoms with van der Waals surface area (Å²) in [4.78, 5) is 0. The number of allylic oxidation sites excluding steroid dienone is 2. The highest BCUT2D eigenvalue weighted by atomic mass is 31.2. The zero-order valence-electron chi connectivity index (χ0n) is 21.1. The first-order valence-electron chi connectivity index (χ1n) is 12.0. The van der Waals surface area contributed by atoms with Gasteiger partial charge in [0, 0.05) is 52.9 Å². The highest BCUT2D eigenvalue weighted by Crippen LogP contribution is 2.69. The molecule has 2 bridgehead atoms. The number of fused-ring (bicyclic) bond motifs is 2. The molecule has 5 heteroatoms. The third-order valence-corrected chi connectivity index (χ3v) is 12.7. The van der Waals surface area contributed by atoms with Crippen LogP contribution in [0.5, 0.6) is 0 Å². The van der Waals surface area contributed by atoms with Gasteiger partial charge in [0.2, 0.25) is 0 Å². The van der Waals surface area contributed by atoms with Crippen molar-refractivity contribution in [2.75, 3.05) is 34.7 Å². The van der Waals surface area contributed by atoms with E-state index in [0.717, 1.165) is 17.8 Å². The first-order chi connectivity index (χ1) is 13.5. The average Bonchev–Trinajstić information content (AvgIpc) is 3.28. The second-order valence-electron chi connectivity index (χ2n) is 10.5. The predicted molar refractivity (Wildman–Crippen MR) is 131 cm³/mol. The van der Waals surface area contributed by atoms with Crippen LogP contribution >= 0.6 is 7.87 Å². The standard InChI is InChI=1S/C24H50N4P/c1-19(2)26(8)29(27(9)20(3)4,28(10)21(5)6)25(7)16-12-11-13-23-17-22-14-15-24(23)18-22/h14-15,19-24H,11-13,16-18H2,1-10H3/q+1. The molecule has 3 unspecified atom stereocenters. The molecule has 0 aromatic heterocycles. The molecule has 29 heavy (non-hydrogen) atoms. The Balaban J connectivity index is 2.09. The summed E-state index contributed by atoms with van der Waals surface area (Å²) in [7, 11) is 7.62. The van der Waals surface area contributed by atoms with Gasteiger partial charge in [-0.2, -0.15) is 0 Å². The molecule has 0 saturated heterocycles. The smallest absolute Gasteiger partial charge is 0.136 e. The molecule has 0 aromatic rings. The molecule has 1 fully saturated rings. The molecule has 0 spiro atoms. The SMILES string of the molecule is CC(C)N(C)[P+](N(C)CCCCC1CC2C=CC1C2)(N(C)C(C)C)N(C)C(C)C. The van der Waals surface area contributed by atoms with Crippen molar-refractivity contribution in [2.24, 2.45) is 17.8 Å². The molecule has 3 atom stereocenters. The van der Waals surface area contributed by atoms with Gasteiger partial charge in [0.15, 0.2) is 0 Å². The van der Waals surface area contributed by atoms with Gasteiger partial charge in [0.25, 0.3) is 0 Å². The van der Waals surface area contributed by atoms with Crippen LogP contribution in [-0.4, -0.2) is 71.5 Å². The molecule has 0 aliphatic heterocycles. The summed E-state index contributed by atoms with van der Waals surface area (Å²) < 4.78 is 10.7. The van der Waals surface area contributed by atoms with Crippen molar-refractivity contribution in [3.8, 4) is 0 Å². The van der Waals surface area contributed by atoms with Gasteiger partial charge in [-0.3, -0.25) is 0 Å². The molecule has 2 aliphatic rings. The minimum absolute atomic E-state index is 0.508. The lowest BCUT2D eigenvalue weighted by atomic mass is 9.89. The lowest BCUT2D eigenvalue weighted by Crippen LogP contribution is -2.53. The van der Waals surface area contributed by atoms with Crippen molar-refractivity contribution in [3.05, 3.63) is 12.2 Å². The van der Waals surface area contributed by atoms with Gasteiger partial charge < -0.3 is 0 Å². The Hall–Kier alpha value is 0.0100. The lowest BCUT2D eigenvalue weighted by molar-refractivity contribution is 0.242. The van der Waals surface area contributed by atoms with Crippen LogP contribution in [0, 0.1) is 17.8 Å². The van der Waals surface area contributed by atoms with E-state index in [4.69, 9.17) is 0 Å². The normalized spacial score (nSPS) is 24.8. The van der Waals surface area contributed by atoms with Crippen LogP contribution < -0.4 is 0 Å². The Morgan fingerprint density at radius 2 is 1.28 bits per heavy atom. The molecule has 0 aromatic carbocycles. The van der Waals surface area contributed by atoms with E-state index in [9.17, 15) is 0 Å². The van der Waals surface area contributed by atoms with E-state index < -0.39 is 7.87 Å². The van der Waals surface area contributed by atoms with Crippen molar-refractivity contribution >= 4 is 7.87 Å². The molecular weight excluding hydrogens is 375 g/mol. The number of rotatable bonds is 12. The van der Waals surface area contributed by atoms with Crippen LogP contribution in [0.3, 0.4) is 0 Å². The summed E-state index contributed by atoms with van der Waals surface area (Å²) in [6, 6.07) is 1.53. The molecule has 2 rings (SSSR count). The van der Waals surface area contributed by atoms with Crippen LogP contribution in [0.2, 0.25) is 0 Å². The fraction of sp³-hybridized carbons (Fsp3) is 0.917. The Bertz CT molecular complexity index is 497. The highest BCUT2D eigenvalue weighted by molar-refractivity contribution is 7.66. The quantitative estimate of drug-likeness (QED) is 0.216. The van der Waals surface area contributed by atoms with Crippen LogP contribution in [0.4, 0.5) is 0 Å². The maximum absolute atomic E-state index is 2.72. The van der Waals surface area contributed by atoms with E-state index >= 15 is 0 Å². The van der Waals surface area contributed by atoms with Crippen LogP contribution in [0.15, 0.2) is 12.2 Å². The fourth-order valence-corrected chi connectivity index (χ4v) is 10.5. The molecule has 0 radical (unpaired) electrons. The second kappa shape index (κ2) is 10.6. The molecule has 170 valence electrons. The monoisotopic (exact) mass is 425 g/mol. The molecule has 1 saturated carbocycles. The molecule has 2 aliphatic carbocycles. The second-order valence-corrected chi connectivity index (χ2v) is 14.1. The van der Waals surface area contributed by atoms with Gasteiger partial charge in [-0.1, -0.05) is 18.6 Å². The maximum Gasteiger partial charge on any atom is 0.308 e. The van der Waals surface area contributed by atoms with Crippen LogP contribution in [-0.2, 0) is 0 Å². The van der Waals surface area contributed by atoms with E-state index in [2.05, 4.69) is 101 Å². The first-order valence-corrected chi connectivity index (χ1v) is 13.6. The van der Waals surface area contributed by atoms with E-state index in [-0.39, 0.29) is 0 Å². The van der Waals surface area contributed by atoms with Gasteiger partial charge >= 0.3 is 7.87 Å². The number of unbranched alkanes of at least 4 members (excludes halogenated alkanes) is 1. The van der Waals surface area contributed by atoms with Crippen LogP contribution in [0.25, 0.3) is 0 Å². The number of hydrogen-bond donors (Lipinski definition) is 0. The predicted octanol–water partition coefficient (Wildman–Crippen LogP) is 6.00. The zero-order valence-corrected chi connectivity index (χ0v) is 22.0. The topological polar surface area (TPSA) is 13.0 Å². The highest BCUT2D eigenvalue weighted by Gasteiger charge is 2.58. The fourth-order valence-electron chi connectivity index (χ4n) is 5.43. The summed E-state index contributed by atoms with van der Waals surface area (Å²) in [5, 5.41) is 0. The molecule has 4 nitrogen and oxygen atoms in total. The number of hydrogen-bond acceptors (Lipinski definition) is 4. The Morgan fingerprint density at radius 3 is 1.66 bits per heavy atom. The number of nitrogens with zero attached hydrogens (tertiary/aromatic N) is 4. The van der Waals surface area contributed by atoms with Crippen molar-refractivity contribution in [3.63, 3.8) is 0 Å². The van der Waals surface area contributed by atoms with E-state index in [1.54, 1.807) is 0 Å². The third kappa shape index (κ3) is 5.26. The largest absolute Gasteiger partial charge is 0.308 e. The zero-order chi connectivity index (χ0) is 21.9. The summed E-state index contributed by atoms with van der Waals surface area (Å²) in [6.07, 6.45) is 12.0. The first kappa shape index (κ1) is 25.3. The Morgan fingerprint density at radius 1 is 0.759 bits per heavy atom. The van der Waals surface area contributed by atoms with E-state index in [0.29, 0.717) is 18.1 Å². The Kier molecular flexibility index (Phi) is 9.19.